The molecule has 4 N–H and O–H groups in total. The first-order valence-electron chi connectivity index (χ1n) is 19.9. The van der Waals surface area contributed by atoms with E-state index in [0.717, 1.165) is 21.7 Å². The van der Waals surface area contributed by atoms with Crippen molar-refractivity contribution >= 4 is 52.5 Å². The molecule has 0 aliphatic carbocycles. The minimum atomic E-state index is -0.978. The number of esters is 2. The predicted octanol–water partition coefficient (Wildman–Crippen LogP) is 4.15. The number of nitrogens with one attached hydrogen (secondary N) is 2. The lowest BCUT2D eigenvalue weighted by Gasteiger charge is -2.38. The van der Waals surface area contributed by atoms with Gasteiger partial charge in [0.05, 0.1) is 46.6 Å². The maximum atomic E-state index is 14.5. The lowest BCUT2D eigenvalue weighted by Crippen LogP contribution is -2.59. The van der Waals surface area contributed by atoms with Gasteiger partial charge in [-0.15, -0.1) is 21.5 Å². The van der Waals surface area contributed by atoms with Gasteiger partial charge in [0.15, 0.2) is 5.82 Å². The third-order valence-corrected chi connectivity index (χ3v) is 11.7. The van der Waals surface area contributed by atoms with E-state index in [1.54, 1.807) is 29.5 Å². The van der Waals surface area contributed by atoms with Crippen LogP contribution >= 0.6 is 11.3 Å². The second-order valence-electron chi connectivity index (χ2n) is 16.3. The summed E-state index contributed by atoms with van der Waals surface area (Å²) in [6.45, 7) is 14.2. The molecule has 0 saturated carbocycles. The Bertz CT molecular complexity index is 2220. The normalized spacial score (nSPS) is 18.1. The predicted molar refractivity (Wildman–Crippen MR) is 228 cm³/mol. The molecule has 2 saturated heterocycles. The Morgan fingerprint density at radius 2 is 1.65 bits per heavy atom. The highest BCUT2D eigenvalue weighted by Gasteiger charge is 2.46. The number of nitrogens with zero attached hydrogens (tertiary/aromatic N) is 6. The monoisotopic (exact) mass is 839 g/mol. The van der Waals surface area contributed by atoms with Gasteiger partial charge in [-0.05, 0) is 48.6 Å². The molecule has 0 unspecified atom stereocenters. The van der Waals surface area contributed by atoms with Gasteiger partial charge in [0.1, 0.15) is 23.9 Å². The summed E-state index contributed by atoms with van der Waals surface area (Å²) in [5.41, 5.74) is 12.0. The van der Waals surface area contributed by atoms with Crippen LogP contribution in [-0.2, 0) is 28.7 Å². The van der Waals surface area contributed by atoms with Gasteiger partial charge in [-0.2, -0.15) is 0 Å². The van der Waals surface area contributed by atoms with Crippen LogP contribution in [0.1, 0.15) is 65.3 Å². The summed E-state index contributed by atoms with van der Waals surface area (Å²) in [7, 11) is 0. The summed E-state index contributed by atoms with van der Waals surface area (Å²) in [6, 6.07) is 14.5. The Hall–Kier alpha value is -5.94. The lowest BCUT2D eigenvalue weighted by atomic mass is 9.85. The van der Waals surface area contributed by atoms with Crippen LogP contribution in [0, 0.1) is 12.3 Å². The number of aryl methyl sites for hydroxylation is 1. The van der Waals surface area contributed by atoms with Crippen molar-refractivity contribution in [2.45, 2.75) is 79.1 Å². The van der Waals surface area contributed by atoms with Crippen molar-refractivity contribution in [3.05, 3.63) is 71.4 Å². The second-order valence-corrected chi connectivity index (χ2v) is 17.2. The largest absolute Gasteiger partial charge is 0.461 e. The smallest absolute Gasteiger partial charge is 0.308 e. The third-order valence-electron chi connectivity index (χ3n) is 10.7. The number of thiazole rings is 1. The zero-order chi connectivity index (χ0) is 43.3. The summed E-state index contributed by atoms with van der Waals surface area (Å²) in [5, 5.41) is 14.5. The lowest BCUT2D eigenvalue weighted by molar-refractivity contribution is -0.147. The molecule has 4 aromatic rings. The number of anilines is 2. The van der Waals surface area contributed by atoms with Gasteiger partial charge in [0.25, 0.3) is 0 Å². The molecule has 60 heavy (non-hydrogen) atoms. The number of carbonyl (C=O) groups is 5. The molecule has 6 rings (SSSR count). The number of nitrogens with two attached hydrogens (primary N) is 1. The molecule has 4 atom stereocenters. The van der Waals surface area contributed by atoms with Gasteiger partial charge in [0.2, 0.25) is 17.7 Å². The van der Waals surface area contributed by atoms with E-state index < -0.39 is 41.4 Å². The fourth-order valence-electron chi connectivity index (χ4n) is 7.57. The SMILES string of the molecule is CC(=O)Oc1ccccc1-c1cc(N2CCN(CC(=O)N[C@H](C(=O)N3C[C@H](OC(C)=O)C[C@H]3C(=O)N[C@@H](C)c3ccc(-c4scnc4C)cc3)C(C)(C)C)CC2)c(N)nn1. The number of piperazine rings is 1. The van der Waals surface area contributed by atoms with Gasteiger partial charge in [-0.1, -0.05) is 57.2 Å². The van der Waals surface area contributed by atoms with Crippen LogP contribution in [0.3, 0.4) is 0 Å². The summed E-state index contributed by atoms with van der Waals surface area (Å²) in [5.74, 6) is -1.50. The van der Waals surface area contributed by atoms with Crippen LogP contribution in [0.4, 0.5) is 11.5 Å². The number of para-hydroxylation sites is 1. The summed E-state index contributed by atoms with van der Waals surface area (Å²) in [6.07, 6.45) is -0.559. The first kappa shape index (κ1) is 43.6. The number of carbonyl (C=O) groups excluding carboxylic acids is 5. The van der Waals surface area contributed by atoms with Crippen LogP contribution in [0.25, 0.3) is 21.7 Å². The minimum Gasteiger partial charge on any atom is -0.461 e. The van der Waals surface area contributed by atoms with E-state index in [9.17, 15) is 24.0 Å². The van der Waals surface area contributed by atoms with Gasteiger partial charge in [-0.3, -0.25) is 28.9 Å². The zero-order valence-corrected chi connectivity index (χ0v) is 35.9. The zero-order valence-electron chi connectivity index (χ0n) is 35.1. The maximum Gasteiger partial charge on any atom is 0.308 e. The van der Waals surface area contributed by atoms with Crippen LogP contribution in [-0.4, -0.2) is 112 Å². The number of likely N-dealkylation sites (tertiary alicyclic amines) is 1. The van der Waals surface area contributed by atoms with Crippen LogP contribution in [0.5, 0.6) is 5.75 Å². The Kier molecular flexibility index (Phi) is 13.5. The highest BCUT2D eigenvalue weighted by atomic mass is 32.1. The maximum absolute atomic E-state index is 14.5. The van der Waals surface area contributed by atoms with Crippen molar-refractivity contribution in [1.82, 2.24) is 35.6 Å². The number of nitrogen functional groups attached to an aromatic ring is 1. The number of benzene rings is 2. The Morgan fingerprint density at radius 3 is 2.28 bits per heavy atom. The van der Waals surface area contributed by atoms with E-state index in [0.29, 0.717) is 48.9 Å². The number of amides is 3. The van der Waals surface area contributed by atoms with Crippen molar-refractivity contribution in [3.8, 4) is 27.4 Å². The Balaban J connectivity index is 1.09. The summed E-state index contributed by atoms with van der Waals surface area (Å²) < 4.78 is 10.9. The van der Waals surface area contributed by atoms with Gasteiger partial charge >= 0.3 is 11.9 Å². The van der Waals surface area contributed by atoms with E-state index in [4.69, 9.17) is 15.2 Å². The number of hydrogen-bond donors (Lipinski definition) is 3. The number of aromatic nitrogens is 3. The number of rotatable bonds is 12. The molecule has 17 heteroatoms. The van der Waals surface area contributed by atoms with Gasteiger partial charge in [0, 0.05) is 52.0 Å². The average molecular weight is 840 g/mol. The number of hydrogen-bond acceptors (Lipinski definition) is 14. The molecule has 16 nitrogen and oxygen atoms in total. The molecule has 0 radical (unpaired) electrons. The fraction of sp³-hybridized carbons (Fsp3) is 0.442. The second kappa shape index (κ2) is 18.5. The molecule has 4 heterocycles. The van der Waals surface area contributed by atoms with E-state index in [1.165, 1.54) is 18.7 Å². The molecular weight excluding hydrogens is 787 g/mol. The third kappa shape index (κ3) is 10.4. The topological polar surface area (TPSA) is 202 Å². The van der Waals surface area contributed by atoms with Crippen molar-refractivity contribution in [3.63, 3.8) is 0 Å². The van der Waals surface area contributed by atoms with Gasteiger partial charge < -0.3 is 35.6 Å². The highest BCUT2D eigenvalue weighted by Crippen LogP contribution is 2.34. The Labute approximate surface area is 353 Å². The van der Waals surface area contributed by atoms with E-state index in [-0.39, 0.29) is 43.2 Å². The summed E-state index contributed by atoms with van der Waals surface area (Å²) in [4.78, 5) is 76.7. The number of ether oxygens (including phenoxy) is 2. The molecule has 2 aliphatic rings. The van der Waals surface area contributed by atoms with Gasteiger partial charge in [-0.25, -0.2) is 4.98 Å². The van der Waals surface area contributed by atoms with Crippen molar-refractivity contribution in [2.24, 2.45) is 5.41 Å². The van der Waals surface area contributed by atoms with Crippen LogP contribution in [0.2, 0.25) is 0 Å². The van der Waals surface area contributed by atoms with E-state index in [2.05, 4.69) is 30.7 Å². The molecule has 2 aromatic carbocycles. The van der Waals surface area contributed by atoms with Crippen molar-refractivity contribution < 1.29 is 33.4 Å². The van der Waals surface area contributed by atoms with Crippen molar-refractivity contribution in [2.75, 3.05) is 49.9 Å². The minimum absolute atomic E-state index is 0.0161. The average Bonchev–Trinajstić information content (AvgIpc) is 3.83. The standard InChI is InChI=1S/C43H53N9O7S/c1-25(29-12-14-30(15-13-29)38-26(2)45-24-60-38)46-41(56)35-20-31(58-27(3)53)22-52(35)42(57)39(43(5,6)7)47-37(55)23-50-16-18-51(19-17-50)34-21-33(48-49-40(34)44)32-10-8-9-11-36(32)59-28(4)54/h8-15,21,24-25,31,35,39H,16-20,22-23H2,1-7H3,(H2,44,49)(H,46,56)(H,47,55)/t25-,31+,35-,39+/m0/s1. The molecule has 2 aromatic heterocycles. The first-order valence-corrected chi connectivity index (χ1v) is 20.8. The molecule has 3 amide bonds. The highest BCUT2D eigenvalue weighted by molar-refractivity contribution is 7.13. The first-order chi connectivity index (χ1) is 28.5. The van der Waals surface area contributed by atoms with Crippen molar-refractivity contribution in [1.29, 1.82) is 0 Å². The summed E-state index contributed by atoms with van der Waals surface area (Å²) >= 11 is 1.57. The molecule has 2 fully saturated rings. The molecule has 0 spiro atoms. The quantitative estimate of drug-likeness (QED) is 0.136. The molecule has 0 bridgehead atoms. The molecule has 2 aliphatic heterocycles. The van der Waals surface area contributed by atoms with Crippen LogP contribution in [0.15, 0.2) is 60.1 Å². The van der Waals surface area contributed by atoms with Crippen LogP contribution < -0.4 is 26.0 Å². The van der Waals surface area contributed by atoms with E-state index in [1.807, 2.05) is 81.4 Å². The molecular formula is C43H53N9O7S. The Morgan fingerprint density at radius 1 is 0.950 bits per heavy atom. The van der Waals surface area contributed by atoms with E-state index >= 15 is 0 Å². The molecule has 318 valence electrons. The fourth-order valence-corrected chi connectivity index (χ4v) is 8.39.